The molecule has 1 unspecified atom stereocenters. The van der Waals surface area contributed by atoms with Gasteiger partial charge in [-0.05, 0) is 43.7 Å². The highest BCUT2D eigenvalue weighted by molar-refractivity contribution is 7.36. The molecule has 0 amide bonds. The van der Waals surface area contributed by atoms with Gasteiger partial charge in [0.2, 0.25) is 0 Å². The Morgan fingerprint density at radius 1 is 1.20 bits per heavy atom. The van der Waals surface area contributed by atoms with Gasteiger partial charge in [-0.15, -0.1) is 0 Å². The van der Waals surface area contributed by atoms with Gasteiger partial charge in [0.25, 0.3) is 5.56 Å². The first kappa shape index (κ1) is 30.3. The number of hydrogen-bond acceptors (Lipinski definition) is 9. The smallest absolute Gasteiger partial charge is 0.331 e. The minimum absolute atomic E-state index is 0.210. The van der Waals surface area contributed by atoms with Gasteiger partial charge in [0.05, 0.1) is 6.61 Å². The van der Waals surface area contributed by atoms with Crippen LogP contribution in [0.1, 0.15) is 25.6 Å². The van der Waals surface area contributed by atoms with E-state index in [1.54, 1.807) is 18.2 Å². The zero-order valence-corrected chi connectivity index (χ0v) is 22.9. The quantitative estimate of drug-likeness (QED) is 0.192. The van der Waals surface area contributed by atoms with Crippen molar-refractivity contribution < 1.29 is 42.1 Å². The van der Waals surface area contributed by atoms with Crippen LogP contribution in [0.3, 0.4) is 0 Å². The number of para-hydroxylation sites is 1. The highest BCUT2D eigenvalue weighted by atomic mass is 31.1. The number of carbonyl (C=O) groups is 1. The Hall–Kier alpha value is -3.68. The van der Waals surface area contributed by atoms with Crippen LogP contribution in [0.15, 0.2) is 76.4 Å². The number of aliphatic hydroxyl groups excluding tert-OH is 1. The molecule has 1 aliphatic heterocycles. The number of benzene rings is 2. The zero-order valence-electron chi connectivity index (χ0n) is 21.9. The first-order chi connectivity index (χ1) is 19.5. The van der Waals surface area contributed by atoms with E-state index in [4.69, 9.17) is 18.8 Å². The molecule has 1 aromatic heterocycles. The number of esters is 1. The van der Waals surface area contributed by atoms with Gasteiger partial charge < -0.3 is 19.1 Å². The summed E-state index contributed by atoms with van der Waals surface area (Å²) in [6.07, 6.45) is -3.84. The molecular weight excluding hydrogens is 567 g/mol. The Morgan fingerprint density at radius 2 is 1.88 bits per heavy atom. The van der Waals surface area contributed by atoms with Gasteiger partial charge in [-0.1, -0.05) is 35.2 Å². The number of ether oxygens (including phenoxy) is 2. The largest absolute Gasteiger partial charge is 0.460 e. The molecule has 1 fully saturated rings. The SMILES string of the molecule is C[C@@H](C(=O)OCc1ccc(F)cc1)N(OC[C@H]1O[C@@H](n2ccc(=O)[nH]c2=O)[C@](C)(F)[C@@H]1O)[PH](=O)Oc1ccccc1. The summed E-state index contributed by atoms with van der Waals surface area (Å²) in [5, 5.41) is 10.7. The Labute approximate surface area is 232 Å². The average Bonchev–Trinajstić information content (AvgIpc) is 3.16. The number of aromatic nitrogens is 2. The molecule has 1 aliphatic rings. The number of hydrogen-bond donors (Lipinski definition) is 2. The van der Waals surface area contributed by atoms with Gasteiger partial charge in [0.1, 0.15) is 36.4 Å². The molecule has 0 bridgehead atoms. The number of H-pyrrole nitrogens is 1. The molecule has 6 atom stereocenters. The van der Waals surface area contributed by atoms with Crippen molar-refractivity contribution in [3.8, 4) is 5.75 Å². The maximum atomic E-state index is 15.6. The first-order valence-electron chi connectivity index (χ1n) is 12.4. The topological polar surface area (TPSA) is 149 Å². The van der Waals surface area contributed by atoms with Gasteiger partial charge in [-0.3, -0.25) is 28.5 Å². The van der Waals surface area contributed by atoms with Crippen molar-refractivity contribution in [1.29, 1.82) is 0 Å². The van der Waals surface area contributed by atoms with Gasteiger partial charge in [0, 0.05) is 12.3 Å². The number of carbonyl (C=O) groups excluding carboxylic acids is 1. The zero-order chi connectivity index (χ0) is 29.7. The standard InChI is InChI=1S/C26H28F2N3O9P/c1-16(23(34)37-14-17-8-10-18(27)11-9-17)31(41(36)40-19-6-4-3-5-7-19)38-15-20-22(33)26(2,28)24(39-20)30-13-12-21(32)29-25(30)35/h3-13,16,20,22,24,33,41H,14-15H2,1-2H3,(H,29,32,35)/t16-,20+,22+,24+,26+/m0/s1. The Balaban J connectivity index is 1.49. The molecule has 4 rings (SSSR count). The number of nitrogens with one attached hydrogen (secondary N) is 1. The van der Waals surface area contributed by atoms with Crippen LogP contribution in [0, 0.1) is 5.82 Å². The molecular formula is C26H28F2N3O9P. The summed E-state index contributed by atoms with van der Waals surface area (Å²) < 4.78 is 59.0. The number of rotatable bonds is 11. The molecule has 3 aromatic rings. The predicted octanol–water partition coefficient (Wildman–Crippen LogP) is 2.50. The van der Waals surface area contributed by atoms with Gasteiger partial charge >= 0.3 is 19.8 Å². The van der Waals surface area contributed by atoms with Crippen LogP contribution in [0.4, 0.5) is 8.78 Å². The van der Waals surface area contributed by atoms with Crippen LogP contribution in [0.5, 0.6) is 5.75 Å². The molecule has 2 N–H and O–H groups in total. The molecule has 0 spiro atoms. The second kappa shape index (κ2) is 12.9. The van der Waals surface area contributed by atoms with E-state index in [-0.39, 0.29) is 12.4 Å². The number of hydroxylamine groups is 1. The van der Waals surface area contributed by atoms with E-state index in [1.807, 2.05) is 4.98 Å². The van der Waals surface area contributed by atoms with Crippen LogP contribution in [0.25, 0.3) is 0 Å². The predicted molar refractivity (Wildman–Crippen MR) is 140 cm³/mol. The minimum atomic E-state index is -3.34. The lowest BCUT2D eigenvalue weighted by Gasteiger charge is -2.27. The van der Waals surface area contributed by atoms with Gasteiger partial charge in [-0.25, -0.2) is 13.6 Å². The van der Waals surface area contributed by atoms with Gasteiger partial charge in [-0.2, -0.15) is 0 Å². The van der Waals surface area contributed by atoms with Gasteiger partial charge in [0.15, 0.2) is 11.9 Å². The monoisotopic (exact) mass is 595 g/mol. The van der Waals surface area contributed by atoms with E-state index < -0.39 is 68.0 Å². The van der Waals surface area contributed by atoms with Crippen LogP contribution in [-0.2, 0) is 30.3 Å². The lowest BCUT2D eigenvalue weighted by atomic mass is 9.98. The number of nitrogens with zero attached hydrogens (tertiary/aromatic N) is 2. The molecule has 0 saturated carbocycles. The summed E-state index contributed by atoms with van der Waals surface area (Å²) in [5.41, 5.74) is -3.67. The highest BCUT2D eigenvalue weighted by Gasteiger charge is 2.55. The van der Waals surface area contributed by atoms with Crippen molar-refractivity contribution >= 4 is 14.1 Å². The molecule has 0 radical (unpaired) electrons. The number of halogens is 2. The summed E-state index contributed by atoms with van der Waals surface area (Å²) in [7, 11) is -3.34. The lowest BCUT2D eigenvalue weighted by Crippen LogP contribution is -2.44. The Kier molecular flexibility index (Phi) is 9.51. The minimum Gasteiger partial charge on any atom is -0.460 e. The Bertz CT molecular complexity index is 1480. The second-order valence-corrected chi connectivity index (χ2v) is 10.5. The Morgan fingerprint density at radius 3 is 2.54 bits per heavy atom. The van der Waals surface area contributed by atoms with Crippen molar-refractivity contribution in [3.63, 3.8) is 0 Å². The highest BCUT2D eigenvalue weighted by Crippen LogP contribution is 2.41. The molecule has 220 valence electrons. The van der Waals surface area contributed by atoms with Crippen molar-refractivity contribution in [1.82, 2.24) is 14.4 Å². The fourth-order valence-electron chi connectivity index (χ4n) is 4.02. The van der Waals surface area contributed by atoms with E-state index in [0.717, 1.165) is 28.6 Å². The third kappa shape index (κ3) is 7.16. The molecule has 0 aliphatic carbocycles. The first-order valence-corrected chi connectivity index (χ1v) is 13.7. The normalized spacial score (nSPS) is 23.7. The fourth-order valence-corrected chi connectivity index (χ4v) is 5.05. The summed E-state index contributed by atoms with van der Waals surface area (Å²) in [4.78, 5) is 44.8. The van der Waals surface area contributed by atoms with Crippen molar-refractivity contribution in [3.05, 3.63) is 99.1 Å². The average molecular weight is 595 g/mol. The third-order valence-electron chi connectivity index (χ3n) is 6.31. The summed E-state index contributed by atoms with van der Waals surface area (Å²) >= 11 is 0. The molecule has 2 heterocycles. The molecule has 2 aromatic carbocycles. The number of alkyl halides is 1. The van der Waals surface area contributed by atoms with Crippen molar-refractivity contribution in [2.45, 2.75) is 50.6 Å². The van der Waals surface area contributed by atoms with Crippen LogP contribution >= 0.6 is 8.18 Å². The lowest BCUT2D eigenvalue weighted by molar-refractivity contribution is -0.181. The van der Waals surface area contributed by atoms with E-state index in [1.165, 1.54) is 43.3 Å². The third-order valence-corrected chi connectivity index (χ3v) is 7.60. The van der Waals surface area contributed by atoms with Crippen molar-refractivity contribution in [2.75, 3.05) is 6.61 Å². The summed E-state index contributed by atoms with van der Waals surface area (Å²) in [6, 6.07) is 13.0. The van der Waals surface area contributed by atoms with Crippen LogP contribution in [0.2, 0.25) is 0 Å². The van der Waals surface area contributed by atoms with E-state index >= 15 is 4.39 Å². The number of aliphatic hydroxyl groups is 1. The molecule has 1 saturated heterocycles. The summed E-state index contributed by atoms with van der Waals surface area (Å²) in [6.45, 7) is 1.52. The maximum Gasteiger partial charge on any atom is 0.331 e. The fraction of sp³-hybridized carbons (Fsp3) is 0.346. The van der Waals surface area contributed by atoms with Crippen molar-refractivity contribution in [2.24, 2.45) is 0 Å². The van der Waals surface area contributed by atoms with Crippen LogP contribution in [-0.4, -0.2) is 56.0 Å². The summed E-state index contributed by atoms with van der Waals surface area (Å²) in [5.74, 6) is -1.12. The maximum absolute atomic E-state index is 15.6. The van der Waals surface area contributed by atoms with E-state index in [0.29, 0.717) is 5.56 Å². The van der Waals surface area contributed by atoms with E-state index in [9.17, 15) is 28.4 Å². The molecule has 12 nitrogen and oxygen atoms in total. The van der Waals surface area contributed by atoms with E-state index in [2.05, 4.69) is 0 Å². The number of aromatic amines is 1. The van der Waals surface area contributed by atoms with Crippen LogP contribution < -0.4 is 15.8 Å². The molecule has 41 heavy (non-hydrogen) atoms. The second-order valence-electron chi connectivity index (χ2n) is 9.35. The molecule has 15 heteroatoms.